The van der Waals surface area contributed by atoms with Crippen molar-refractivity contribution in [2.24, 2.45) is 0 Å². The number of likely N-dealkylation sites (tertiary alicyclic amines) is 1. The molecule has 2 aliphatic heterocycles. The maximum atomic E-state index is 12.4. The molecule has 2 unspecified atom stereocenters. The van der Waals surface area contributed by atoms with Gasteiger partial charge in [0.15, 0.2) is 0 Å². The smallest absolute Gasteiger partial charge is 0.224 e. The van der Waals surface area contributed by atoms with Gasteiger partial charge in [0.1, 0.15) is 11.9 Å². The average Bonchev–Trinajstić information content (AvgIpc) is 3.01. The molecule has 8 heteroatoms. The summed E-state index contributed by atoms with van der Waals surface area (Å²) in [5.41, 5.74) is 0. The van der Waals surface area contributed by atoms with Crippen LogP contribution in [0.1, 0.15) is 12.8 Å². The van der Waals surface area contributed by atoms with E-state index in [-0.39, 0.29) is 24.4 Å². The summed E-state index contributed by atoms with van der Waals surface area (Å²) in [5.74, 6) is 3.06. The highest BCUT2D eigenvalue weighted by molar-refractivity contribution is 7.99. The molecule has 0 spiro atoms. The number of hydrogen-bond acceptors (Lipinski definition) is 4. The molecule has 0 saturated carbocycles. The van der Waals surface area contributed by atoms with E-state index in [1.807, 2.05) is 22.7 Å². The minimum absolute atomic E-state index is 0. The Labute approximate surface area is 163 Å². The predicted molar refractivity (Wildman–Crippen MR) is 103 cm³/mol. The van der Waals surface area contributed by atoms with E-state index >= 15 is 0 Å². The first-order chi connectivity index (χ1) is 11.1. The molecule has 2 saturated heterocycles. The fourth-order valence-electron chi connectivity index (χ4n) is 2.88. The number of halogens is 3. The van der Waals surface area contributed by atoms with Crippen LogP contribution in [0.25, 0.3) is 0 Å². The van der Waals surface area contributed by atoms with Crippen molar-refractivity contribution in [3.63, 3.8) is 0 Å². The van der Waals surface area contributed by atoms with Crippen LogP contribution >= 0.6 is 47.4 Å². The molecule has 1 aromatic rings. The summed E-state index contributed by atoms with van der Waals surface area (Å²) in [5, 5.41) is 4.41. The van der Waals surface area contributed by atoms with Crippen LogP contribution in [0.4, 0.5) is 0 Å². The van der Waals surface area contributed by atoms with Crippen LogP contribution in [0.5, 0.6) is 5.75 Å². The normalized spacial score (nSPS) is 23.7. The standard InChI is InChI=1S/C16H20Cl2N2O2S.ClH/c17-14-2-1-12(8-15(14)18)22-13-3-5-20(9-13)16(21)7-11-10-23-6-4-19-11;/h1-2,8,11,13,19H,3-7,9-10H2;1H. The van der Waals surface area contributed by atoms with Crippen molar-refractivity contribution >= 4 is 53.3 Å². The number of carbonyl (C=O) groups excluding carboxylic acids is 1. The number of nitrogens with zero attached hydrogens (tertiary/aromatic N) is 1. The highest BCUT2D eigenvalue weighted by atomic mass is 35.5. The van der Waals surface area contributed by atoms with Crippen LogP contribution in [0.3, 0.4) is 0 Å². The molecule has 24 heavy (non-hydrogen) atoms. The molecule has 2 heterocycles. The lowest BCUT2D eigenvalue weighted by molar-refractivity contribution is -0.130. The Bertz CT molecular complexity index is 570. The topological polar surface area (TPSA) is 41.6 Å². The molecule has 0 aromatic heterocycles. The molecule has 0 bridgehead atoms. The molecule has 2 atom stereocenters. The highest BCUT2D eigenvalue weighted by Crippen LogP contribution is 2.28. The highest BCUT2D eigenvalue weighted by Gasteiger charge is 2.29. The number of rotatable bonds is 4. The van der Waals surface area contributed by atoms with E-state index in [0.717, 1.165) is 31.0 Å². The van der Waals surface area contributed by atoms with Gasteiger partial charge >= 0.3 is 0 Å². The van der Waals surface area contributed by atoms with Crippen LogP contribution in [-0.2, 0) is 4.79 Å². The molecule has 2 aliphatic rings. The summed E-state index contributed by atoms with van der Waals surface area (Å²) >= 11 is 13.8. The Morgan fingerprint density at radius 2 is 2.21 bits per heavy atom. The van der Waals surface area contributed by atoms with Gasteiger partial charge < -0.3 is 15.0 Å². The maximum Gasteiger partial charge on any atom is 0.224 e. The van der Waals surface area contributed by atoms with Crippen molar-refractivity contribution in [3.8, 4) is 5.75 Å². The van der Waals surface area contributed by atoms with Crippen molar-refractivity contribution in [3.05, 3.63) is 28.2 Å². The van der Waals surface area contributed by atoms with Gasteiger partial charge in [0.2, 0.25) is 5.91 Å². The van der Waals surface area contributed by atoms with Crippen molar-refractivity contribution in [1.82, 2.24) is 10.2 Å². The molecular formula is C16H21Cl3N2O2S. The Kier molecular flexibility index (Phi) is 7.82. The van der Waals surface area contributed by atoms with Crippen molar-refractivity contribution < 1.29 is 9.53 Å². The van der Waals surface area contributed by atoms with E-state index in [9.17, 15) is 4.79 Å². The lowest BCUT2D eigenvalue weighted by Gasteiger charge is -2.25. The van der Waals surface area contributed by atoms with Gasteiger partial charge in [-0.05, 0) is 12.1 Å². The van der Waals surface area contributed by atoms with Gasteiger partial charge in [0, 0.05) is 49.5 Å². The number of benzene rings is 1. The monoisotopic (exact) mass is 410 g/mol. The van der Waals surface area contributed by atoms with E-state index in [4.69, 9.17) is 27.9 Å². The van der Waals surface area contributed by atoms with Gasteiger partial charge in [-0.3, -0.25) is 4.79 Å². The van der Waals surface area contributed by atoms with Crippen molar-refractivity contribution in [2.45, 2.75) is 25.0 Å². The van der Waals surface area contributed by atoms with E-state index in [0.29, 0.717) is 34.8 Å². The third-order valence-corrected chi connectivity index (χ3v) is 5.98. The zero-order valence-corrected chi connectivity index (χ0v) is 16.3. The summed E-state index contributed by atoms with van der Waals surface area (Å²) in [6, 6.07) is 5.56. The maximum absolute atomic E-state index is 12.4. The SMILES string of the molecule is Cl.O=C(CC1CSCCN1)N1CCC(Oc2ccc(Cl)c(Cl)c2)C1. The lowest BCUT2D eigenvalue weighted by Crippen LogP contribution is -2.42. The molecule has 1 amide bonds. The van der Waals surface area contributed by atoms with E-state index in [1.54, 1.807) is 12.1 Å². The lowest BCUT2D eigenvalue weighted by atomic mass is 10.2. The third kappa shape index (κ3) is 5.33. The second-order valence-corrected chi connectivity index (χ2v) is 7.84. The zero-order valence-electron chi connectivity index (χ0n) is 13.2. The number of amides is 1. The van der Waals surface area contributed by atoms with E-state index in [1.165, 1.54) is 0 Å². The Morgan fingerprint density at radius 3 is 2.92 bits per heavy atom. The second kappa shape index (κ2) is 9.39. The molecule has 2 fully saturated rings. The quantitative estimate of drug-likeness (QED) is 0.823. The van der Waals surface area contributed by atoms with E-state index in [2.05, 4.69) is 5.32 Å². The zero-order chi connectivity index (χ0) is 16.2. The Balaban J connectivity index is 0.00000208. The number of carbonyl (C=O) groups is 1. The van der Waals surface area contributed by atoms with Gasteiger partial charge in [-0.15, -0.1) is 12.4 Å². The Hall–Kier alpha value is -0.330. The van der Waals surface area contributed by atoms with Crippen LogP contribution in [0, 0.1) is 0 Å². The summed E-state index contributed by atoms with van der Waals surface area (Å²) in [6.07, 6.45) is 1.44. The second-order valence-electron chi connectivity index (χ2n) is 5.87. The number of hydrogen-bond donors (Lipinski definition) is 1. The Morgan fingerprint density at radius 1 is 1.38 bits per heavy atom. The largest absolute Gasteiger partial charge is 0.488 e. The molecule has 0 aliphatic carbocycles. The summed E-state index contributed by atoms with van der Waals surface area (Å²) in [4.78, 5) is 14.3. The molecule has 1 N–H and O–H groups in total. The average molecular weight is 412 g/mol. The van der Waals surface area contributed by atoms with Crippen molar-refractivity contribution in [2.75, 3.05) is 31.1 Å². The van der Waals surface area contributed by atoms with Crippen LogP contribution < -0.4 is 10.1 Å². The molecule has 1 aromatic carbocycles. The van der Waals surface area contributed by atoms with Crippen LogP contribution in [-0.4, -0.2) is 54.1 Å². The van der Waals surface area contributed by atoms with Gasteiger partial charge in [-0.2, -0.15) is 11.8 Å². The first-order valence-corrected chi connectivity index (χ1v) is 9.73. The first kappa shape index (κ1) is 20.0. The molecular weight excluding hydrogens is 391 g/mol. The predicted octanol–water partition coefficient (Wildman–Crippen LogP) is 3.49. The third-order valence-electron chi connectivity index (χ3n) is 4.11. The van der Waals surface area contributed by atoms with Gasteiger partial charge in [-0.1, -0.05) is 23.2 Å². The number of thioether (sulfide) groups is 1. The summed E-state index contributed by atoms with van der Waals surface area (Å²) in [7, 11) is 0. The molecule has 0 radical (unpaired) electrons. The van der Waals surface area contributed by atoms with Crippen molar-refractivity contribution in [1.29, 1.82) is 0 Å². The van der Waals surface area contributed by atoms with Gasteiger partial charge in [0.05, 0.1) is 16.6 Å². The summed E-state index contributed by atoms with van der Waals surface area (Å²) < 4.78 is 5.92. The minimum Gasteiger partial charge on any atom is -0.488 e. The molecule has 134 valence electrons. The fraction of sp³-hybridized carbons (Fsp3) is 0.562. The number of ether oxygens (including phenoxy) is 1. The van der Waals surface area contributed by atoms with E-state index < -0.39 is 0 Å². The van der Waals surface area contributed by atoms with Crippen LogP contribution in [0.15, 0.2) is 18.2 Å². The van der Waals surface area contributed by atoms with Gasteiger partial charge in [-0.25, -0.2) is 0 Å². The number of nitrogens with one attached hydrogen (secondary N) is 1. The van der Waals surface area contributed by atoms with Crippen LogP contribution in [0.2, 0.25) is 10.0 Å². The minimum atomic E-state index is 0. The molecule has 3 rings (SSSR count). The molecule has 4 nitrogen and oxygen atoms in total. The fourth-order valence-corrected chi connectivity index (χ4v) is 4.12. The van der Waals surface area contributed by atoms with Gasteiger partial charge in [0.25, 0.3) is 0 Å². The first-order valence-electron chi connectivity index (χ1n) is 7.82. The summed E-state index contributed by atoms with van der Waals surface area (Å²) in [6.45, 7) is 2.38.